The molecule has 0 aliphatic heterocycles. The summed E-state index contributed by atoms with van der Waals surface area (Å²) in [7, 11) is 0. The van der Waals surface area contributed by atoms with Gasteiger partial charge in [0.2, 0.25) is 0 Å². The van der Waals surface area contributed by atoms with Crippen LogP contribution >= 0.6 is 11.3 Å². The van der Waals surface area contributed by atoms with Crippen molar-refractivity contribution in [1.29, 1.82) is 0 Å². The number of benzene rings is 1. The van der Waals surface area contributed by atoms with E-state index in [-0.39, 0.29) is 11.7 Å². The molecule has 1 amide bonds. The van der Waals surface area contributed by atoms with Crippen molar-refractivity contribution in [2.75, 3.05) is 0 Å². The fraction of sp³-hybridized carbons (Fsp3) is 0.235. The van der Waals surface area contributed by atoms with E-state index in [0.717, 1.165) is 20.9 Å². The zero-order valence-electron chi connectivity index (χ0n) is 13.2. The lowest BCUT2D eigenvalue weighted by Gasteiger charge is -2.02. The highest BCUT2D eigenvalue weighted by Crippen LogP contribution is 2.22. The number of thiazole rings is 1. The van der Waals surface area contributed by atoms with E-state index >= 15 is 0 Å². The van der Waals surface area contributed by atoms with Gasteiger partial charge in [-0.25, -0.2) is 4.98 Å². The number of nitrogens with zero attached hydrogens (tertiary/aromatic N) is 1. The molecule has 2 N–H and O–H groups in total. The molecule has 0 atom stereocenters. The highest BCUT2D eigenvalue weighted by Gasteiger charge is 2.19. The zero-order chi connectivity index (χ0) is 16.6. The molecule has 0 fully saturated rings. The minimum absolute atomic E-state index is 0.0403. The Morgan fingerprint density at radius 3 is 2.65 bits per heavy atom. The third-order valence-corrected chi connectivity index (χ3v) is 4.79. The number of rotatable bonds is 4. The van der Waals surface area contributed by atoms with E-state index in [1.807, 2.05) is 24.3 Å². The molecule has 0 bridgehead atoms. The molecule has 118 valence electrons. The fourth-order valence-electron chi connectivity index (χ4n) is 2.74. The summed E-state index contributed by atoms with van der Waals surface area (Å²) < 4.78 is 1.10. The second-order valence-electron chi connectivity index (χ2n) is 5.44. The number of carbonyl (C=O) groups excluding carboxylic acids is 2. The number of fused-ring (bicyclic) bond motifs is 1. The normalized spacial score (nSPS) is 10.9. The van der Waals surface area contributed by atoms with Gasteiger partial charge in [0.15, 0.2) is 5.78 Å². The van der Waals surface area contributed by atoms with Crippen molar-refractivity contribution in [2.24, 2.45) is 0 Å². The first kappa shape index (κ1) is 15.4. The summed E-state index contributed by atoms with van der Waals surface area (Å²) in [4.78, 5) is 31.5. The third kappa shape index (κ3) is 2.90. The van der Waals surface area contributed by atoms with Crippen LogP contribution in [0.25, 0.3) is 10.2 Å². The Morgan fingerprint density at radius 2 is 2.00 bits per heavy atom. The molecule has 5 nitrogen and oxygen atoms in total. The molecule has 3 rings (SSSR count). The van der Waals surface area contributed by atoms with Crippen LogP contribution in [0.3, 0.4) is 0 Å². The summed E-state index contributed by atoms with van der Waals surface area (Å²) in [5, 5.41) is 3.72. The number of nitrogens with one attached hydrogen (secondary N) is 2. The monoisotopic (exact) mass is 327 g/mol. The molecule has 0 unspecified atom stereocenters. The molecule has 1 aromatic carbocycles. The van der Waals surface area contributed by atoms with Gasteiger partial charge >= 0.3 is 0 Å². The number of aromatic amines is 1. The number of amides is 1. The van der Waals surface area contributed by atoms with Crippen molar-refractivity contribution in [3.63, 3.8) is 0 Å². The molecule has 2 heterocycles. The van der Waals surface area contributed by atoms with E-state index in [0.29, 0.717) is 23.4 Å². The van der Waals surface area contributed by atoms with Crippen LogP contribution in [-0.4, -0.2) is 21.7 Å². The van der Waals surface area contributed by atoms with Crippen LogP contribution in [0.5, 0.6) is 0 Å². The van der Waals surface area contributed by atoms with Crippen molar-refractivity contribution in [2.45, 2.75) is 27.3 Å². The van der Waals surface area contributed by atoms with E-state index in [2.05, 4.69) is 15.3 Å². The highest BCUT2D eigenvalue weighted by molar-refractivity contribution is 7.18. The molecule has 2 aromatic heterocycles. The summed E-state index contributed by atoms with van der Waals surface area (Å²) in [5.41, 5.74) is 3.38. The SMILES string of the molecule is CC(=O)c1c(C)[nH]c(C(=O)NCc2nc3ccccc3s2)c1C. The Labute approximate surface area is 137 Å². The van der Waals surface area contributed by atoms with Gasteiger partial charge in [-0.15, -0.1) is 11.3 Å². The highest BCUT2D eigenvalue weighted by atomic mass is 32.1. The van der Waals surface area contributed by atoms with Crippen LogP contribution in [0.1, 0.15) is 44.0 Å². The van der Waals surface area contributed by atoms with E-state index in [1.165, 1.54) is 6.92 Å². The lowest BCUT2D eigenvalue weighted by atomic mass is 10.1. The van der Waals surface area contributed by atoms with Crippen molar-refractivity contribution >= 4 is 33.2 Å². The fourth-order valence-corrected chi connectivity index (χ4v) is 3.65. The Balaban J connectivity index is 1.77. The predicted molar refractivity (Wildman–Crippen MR) is 91.1 cm³/mol. The lowest BCUT2D eigenvalue weighted by molar-refractivity contribution is 0.0945. The molecule has 0 spiro atoms. The standard InChI is InChI=1S/C17H17N3O2S/c1-9-15(11(3)21)10(2)19-16(9)17(22)18-8-14-20-12-6-4-5-7-13(12)23-14/h4-7,19H,8H2,1-3H3,(H,18,22). The Morgan fingerprint density at radius 1 is 1.26 bits per heavy atom. The van der Waals surface area contributed by atoms with Gasteiger partial charge in [-0.1, -0.05) is 12.1 Å². The van der Waals surface area contributed by atoms with Crippen molar-refractivity contribution in [1.82, 2.24) is 15.3 Å². The number of carbonyl (C=O) groups is 2. The maximum absolute atomic E-state index is 12.4. The Kier molecular flexibility index (Phi) is 4.00. The van der Waals surface area contributed by atoms with Gasteiger partial charge < -0.3 is 10.3 Å². The van der Waals surface area contributed by atoms with Crippen molar-refractivity contribution in [3.05, 3.63) is 51.8 Å². The molecule has 0 saturated heterocycles. The molecular weight excluding hydrogens is 310 g/mol. The van der Waals surface area contributed by atoms with Gasteiger partial charge in [-0.3, -0.25) is 9.59 Å². The number of ketones is 1. The molecule has 6 heteroatoms. The van der Waals surface area contributed by atoms with Crippen LogP contribution in [0.15, 0.2) is 24.3 Å². The summed E-state index contributed by atoms with van der Waals surface area (Å²) in [6.07, 6.45) is 0. The van der Waals surface area contributed by atoms with Gasteiger partial charge in [0.1, 0.15) is 10.7 Å². The smallest absolute Gasteiger partial charge is 0.268 e. The van der Waals surface area contributed by atoms with E-state index in [1.54, 1.807) is 25.2 Å². The quantitative estimate of drug-likeness (QED) is 0.721. The third-order valence-electron chi connectivity index (χ3n) is 3.75. The topological polar surface area (TPSA) is 74.8 Å². The van der Waals surface area contributed by atoms with Crippen LogP contribution in [-0.2, 0) is 6.54 Å². The maximum atomic E-state index is 12.4. The van der Waals surface area contributed by atoms with Crippen LogP contribution in [0.4, 0.5) is 0 Å². The first-order valence-electron chi connectivity index (χ1n) is 7.30. The Hall–Kier alpha value is -2.47. The van der Waals surface area contributed by atoms with Crippen molar-refractivity contribution < 1.29 is 9.59 Å². The molecule has 0 radical (unpaired) electrons. The van der Waals surface area contributed by atoms with Crippen molar-refractivity contribution in [3.8, 4) is 0 Å². The van der Waals surface area contributed by atoms with Crippen LogP contribution in [0, 0.1) is 13.8 Å². The van der Waals surface area contributed by atoms with Gasteiger partial charge in [0.25, 0.3) is 5.91 Å². The number of Topliss-reactive ketones (excluding diaryl/α,β-unsaturated/α-hetero) is 1. The largest absolute Gasteiger partial charge is 0.354 e. The number of H-pyrrole nitrogens is 1. The number of aryl methyl sites for hydroxylation is 1. The molecule has 0 aliphatic carbocycles. The van der Waals surface area contributed by atoms with Gasteiger partial charge in [0, 0.05) is 11.3 Å². The first-order valence-corrected chi connectivity index (χ1v) is 8.11. The van der Waals surface area contributed by atoms with Gasteiger partial charge in [-0.05, 0) is 38.5 Å². The number of hydrogen-bond donors (Lipinski definition) is 2. The molecule has 3 aromatic rings. The van der Waals surface area contributed by atoms with Crippen LogP contribution < -0.4 is 5.32 Å². The Bertz CT molecular complexity index is 875. The minimum Gasteiger partial charge on any atom is -0.354 e. The molecule has 0 aliphatic rings. The van der Waals surface area contributed by atoms with E-state index in [4.69, 9.17) is 0 Å². The zero-order valence-corrected chi connectivity index (χ0v) is 14.0. The van der Waals surface area contributed by atoms with Gasteiger partial charge in [-0.2, -0.15) is 0 Å². The maximum Gasteiger partial charge on any atom is 0.268 e. The summed E-state index contributed by atoms with van der Waals surface area (Å²) in [5.74, 6) is -0.265. The number of para-hydroxylation sites is 1. The predicted octanol–water partition coefficient (Wildman–Crippen LogP) is 3.37. The average Bonchev–Trinajstić information content (AvgIpc) is 3.05. The molecular formula is C17H17N3O2S. The molecule has 23 heavy (non-hydrogen) atoms. The summed E-state index contributed by atoms with van der Waals surface area (Å²) in [6, 6.07) is 7.88. The first-order chi connectivity index (χ1) is 11.0. The van der Waals surface area contributed by atoms with E-state index in [9.17, 15) is 9.59 Å². The average molecular weight is 327 g/mol. The summed E-state index contributed by atoms with van der Waals surface area (Å²) >= 11 is 1.56. The number of hydrogen-bond acceptors (Lipinski definition) is 4. The van der Waals surface area contributed by atoms with Gasteiger partial charge in [0.05, 0.1) is 16.8 Å². The molecule has 0 saturated carbocycles. The number of aromatic nitrogens is 2. The van der Waals surface area contributed by atoms with Crippen LogP contribution in [0.2, 0.25) is 0 Å². The second kappa shape index (κ2) is 5.96. The lowest BCUT2D eigenvalue weighted by Crippen LogP contribution is -2.23. The minimum atomic E-state index is -0.225. The van der Waals surface area contributed by atoms with E-state index < -0.39 is 0 Å². The second-order valence-corrected chi connectivity index (χ2v) is 6.55. The summed E-state index contributed by atoms with van der Waals surface area (Å²) in [6.45, 7) is 5.46.